The maximum atomic E-state index is 8.65. The largest absolute Gasteiger partial charge is 0.409 e. The molecule has 0 radical (unpaired) electrons. The summed E-state index contributed by atoms with van der Waals surface area (Å²) in [5.41, 5.74) is 5.90. The Morgan fingerprint density at radius 2 is 2.06 bits per heavy atom. The van der Waals surface area contributed by atoms with Gasteiger partial charge in [0, 0.05) is 19.0 Å². The lowest BCUT2D eigenvalue weighted by Crippen LogP contribution is -2.39. The molecule has 104 valence electrons. The van der Waals surface area contributed by atoms with Crippen LogP contribution in [0.5, 0.6) is 0 Å². The van der Waals surface area contributed by atoms with E-state index in [-0.39, 0.29) is 5.41 Å². The van der Waals surface area contributed by atoms with Gasteiger partial charge in [-0.1, -0.05) is 24.4 Å². The molecule has 0 amide bonds. The highest BCUT2D eigenvalue weighted by Gasteiger charge is 2.43. The number of nitrogens with two attached hydrogens (primary N) is 1. The molecule has 0 aromatic carbocycles. The molecule has 2 saturated carbocycles. The van der Waals surface area contributed by atoms with Gasteiger partial charge in [0.05, 0.1) is 0 Å². The van der Waals surface area contributed by atoms with Crippen molar-refractivity contribution in [2.24, 2.45) is 22.2 Å². The molecule has 0 spiro atoms. The highest BCUT2D eigenvalue weighted by Crippen LogP contribution is 2.48. The van der Waals surface area contributed by atoms with Crippen LogP contribution in [0.15, 0.2) is 5.16 Å². The van der Waals surface area contributed by atoms with Crippen LogP contribution in [0.2, 0.25) is 0 Å². The summed E-state index contributed by atoms with van der Waals surface area (Å²) in [6.07, 6.45) is 10.1. The molecule has 2 aliphatic carbocycles. The normalized spacial score (nSPS) is 25.9. The molecule has 18 heavy (non-hydrogen) atoms. The molecular formula is C14H27N3O. The number of amidine groups is 1. The molecule has 0 saturated heterocycles. The van der Waals surface area contributed by atoms with Gasteiger partial charge in [0.1, 0.15) is 5.84 Å². The molecule has 2 rings (SSSR count). The molecule has 0 bridgehead atoms. The molecule has 4 nitrogen and oxygen atoms in total. The smallest absolute Gasteiger partial charge is 0.139 e. The second-order valence-corrected chi connectivity index (χ2v) is 6.34. The first-order valence-electron chi connectivity index (χ1n) is 7.35. The molecule has 1 atom stereocenters. The number of nitrogens with one attached hydrogen (secondary N) is 1. The molecule has 0 aliphatic heterocycles. The third-order valence-corrected chi connectivity index (χ3v) is 4.80. The van der Waals surface area contributed by atoms with Crippen LogP contribution in [0.3, 0.4) is 0 Å². The lowest BCUT2D eigenvalue weighted by Gasteiger charge is -2.29. The summed E-state index contributed by atoms with van der Waals surface area (Å²) >= 11 is 0. The van der Waals surface area contributed by atoms with Gasteiger partial charge < -0.3 is 16.3 Å². The molecule has 2 aliphatic rings. The Morgan fingerprint density at radius 1 is 1.39 bits per heavy atom. The minimum absolute atomic E-state index is 0.277. The van der Waals surface area contributed by atoms with Gasteiger partial charge in [-0.25, -0.2) is 0 Å². The van der Waals surface area contributed by atoms with Gasteiger partial charge >= 0.3 is 0 Å². The van der Waals surface area contributed by atoms with Crippen LogP contribution in [0.1, 0.15) is 58.3 Å². The summed E-state index contributed by atoms with van der Waals surface area (Å²) in [7, 11) is 0. The van der Waals surface area contributed by atoms with E-state index in [1.165, 1.54) is 44.9 Å². The molecule has 2 fully saturated rings. The molecule has 0 heterocycles. The third-order valence-electron chi connectivity index (χ3n) is 4.80. The molecule has 4 heteroatoms. The van der Waals surface area contributed by atoms with Crippen molar-refractivity contribution in [1.82, 2.24) is 5.32 Å². The monoisotopic (exact) mass is 253 g/mol. The molecular weight excluding hydrogens is 226 g/mol. The van der Waals surface area contributed by atoms with Crippen molar-refractivity contribution in [3.8, 4) is 0 Å². The van der Waals surface area contributed by atoms with E-state index in [0.717, 1.165) is 18.9 Å². The fourth-order valence-electron chi connectivity index (χ4n) is 3.19. The first-order valence-corrected chi connectivity index (χ1v) is 7.35. The van der Waals surface area contributed by atoms with Crippen LogP contribution >= 0.6 is 0 Å². The standard InChI is InChI=1S/C14H27N3O/c1-11(12-5-3-2-4-6-12)16-10-14(7-8-14)9-13(15)17-18/h11-12,16,18H,2-10H2,1H3,(H2,15,17). The van der Waals surface area contributed by atoms with Crippen molar-refractivity contribution in [2.75, 3.05) is 6.54 Å². The van der Waals surface area contributed by atoms with Gasteiger partial charge in [-0.05, 0) is 43.9 Å². The van der Waals surface area contributed by atoms with E-state index in [0.29, 0.717) is 11.9 Å². The lowest BCUT2D eigenvalue weighted by molar-refractivity contribution is 0.268. The third kappa shape index (κ3) is 3.61. The van der Waals surface area contributed by atoms with Crippen LogP contribution in [0.4, 0.5) is 0 Å². The Bertz CT molecular complexity index is 293. The number of hydrogen-bond donors (Lipinski definition) is 3. The predicted octanol–water partition coefficient (Wildman–Crippen LogP) is 2.46. The number of rotatable bonds is 6. The quantitative estimate of drug-likeness (QED) is 0.295. The van der Waals surface area contributed by atoms with Gasteiger partial charge in [0.25, 0.3) is 0 Å². The van der Waals surface area contributed by atoms with Crippen LogP contribution in [-0.2, 0) is 0 Å². The van der Waals surface area contributed by atoms with E-state index in [4.69, 9.17) is 10.9 Å². The van der Waals surface area contributed by atoms with Crippen molar-refractivity contribution in [1.29, 1.82) is 0 Å². The Morgan fingerprint density at radius 3 is 2.61 bits per heavy atom. The van der Waals surface area contributed by atoms with E-state index in [2.05, 4.69) is 17.4 Å². The zero-order valence-corrected chi connectivity index (χ0v) is 11.5. The lowest BCUT2D eigenvalue weighted by atomic mass is 9.84. The van der Waals surface area contributed by atoms with Crippen LogP contribution in [-0.4, -0.2) is 23.6 Å². The van der Waals surface area contributed by atoms with Crippen molar-refractivity contribution in [3.63, 3.8) is 0 Å². The average Bonchev–Trinajstić information content (AvgIpc) is 3.17. The van der Waals surface area contributed by atoms with Gasteiger partial charge in [0.2, 0.25) is 0 Å². The van der Waals surface area contributed by atoms with Crippen LogP contribution in [0, 0.1) is 11.3 Å². The van der Waals surface area contributed by atoms with Crippen molar-refractivity contribution >= 4 is 5.84 Å². The zero-order valence-electron chi connectivity index (χ0n) is 11.5. The highest BCUT2D eigenvalue weighted by atomic mass is 16.4. The van der Waals surface area contributed by atoms with E-state index in [1.807, 2.05) is 0 Å². The SMILES string of the molecule is CC(NCC1(CC(N)=NO)CC1)C1CCCCC1. The Hall–Kier alpha value is -0.770. The number of nitrogens with zero attached hydrogens (tertiary/aromatic N) is 1. The summed E-state index contributed by atoms with van der Waals surface area (Å²) in [5, 5.41) is 15.4. The van der Waals surface area contributed by atoms with E-state index in [9.17, 15) is 0 Å². The molecule has 0 aromatic heterocycles. The Balaban J connectivity index is 1.73. The summed E-state index contributed by atoms with van der Waals surface area (Å²) in [4.78, 5) is 0. The van der Waals surface area contributed by atoms with Crippen LogP contribution in [0.25, 0.3) is 0 Å². The number of oxime groups is 1. The van der Waals surface area contributed by atoms with Gasteiger partial charge in [-0.15, -0.1) is 0 Å². The van der Waals surface area contributed by atoms with Gasteiger partial charge in [-0.2, -0.15) is 0 Å². The van der Waals surface area contributed by atoms with Crippen molar-refractivity contribution in [3.05, 3.63) is 0 Å². The molecule has 1 unspecified atom stereocenters. The molecule has 4 N–H and O–H groups in total. The summed E-state index contributed by atoms with van der Waals surface area (Å²) in [5.74, 6) is 1.22. The zero-order chi connectivity index (χ0) is 13.0. The summed E-state index contributed by atoms with van der Waals surface area (Å²) < 4.78 is 0. The van der Waals surface area contributed by atoms with E-state index in [1.54, 1.807) is 0 Å². The molecule has 0 aromatic rings. The second-order valence-electron chi connectivity index (χ2n) is 6.34. The van der Waals surface area contributed by atoms with Crippen molar-refractivity contribution in [2.45, 2.75) is 64.3 Å². The Labute approximate surface area is 110 Å². The maximum absolute atomic E-state index is 8.65. The van der Waals surface area contributed by atoms with E-state index >= 15 is 0 Å². The highest BCUT2D eigenvalue weighted by molar-refractivity contribution is 5.80. The first-order chi connectivity index (χ1) is 8.65. The summed E-state index contributed by atoms with van der Waals surface area (Å²) in [6.45, 7) is 3.33. The predicted molar refractivity (Wildman–Crippen MR) is 73.7 cm³/mol. The van der Waals surface area contributed by atoms with Crippen molar-refractivity contribution < 1.29 is 5.21 Å². The second kappa shape index (κ2) is 5.91. The minimum Gasteiger partial charge on any atom is -0.409 e. The maximum Gasteiger partial charge on any atom is 0.139 e. The Kier molecular flexibility index (Phi) is 4.49. The first kappa shape index (κ1) is 13.7. The fourth-order valence-corrected chi connectivity index (χ4v) is 3.19. The summed E-state index contributed by atoms with van der Waals surface area (Å²) in [6, 6.07) is 0.607. The fraction of sp³-hybridized carbons (Fsp3) is 0.929. The number of hydrogen-bond acceptors (Lipinski definition) is 3. The van der Waals surface area contributed by atoms with Gasteiger partial charge in [0.15, 0.2) is 0 Å². The van der Waals surface area contributed by atoms with Gasteiger partial charge in [-0.3, -0.25) is 0 Å². The topological polar surface area (TPSA) is 70.6 Å². The van der Waals surface area contributed by atoms with E-state index < -0.39 is 0 Å². The average molecular weight is 253 g/mol. The minimum atomic E-state index is 0.277. The van der Waals surface area contributed by atoms with Crippen LogP contribution < -0.4 is 11.1 Å².